The number of amides is 1. The summed E-state index contributed by atoms with van der Waals surface area (Å²) in [5.74, 6) is 0.942. The Kier molecular flexibility index (Phi) is 5.58. The third-order valence-electron chi connectivity index (χ3n) is 5.23. The highest BCUT2D eigenvalue weighted by Gasteiger charge is 2.24. The van der Waals surface area contributed by atoms with Gasteiger partial charge in [-0.3, -0.25) is 4.79 Å². The molecule has 0 radical (unpaired) electrons. The first-order valence-corrected chi connectivity index (χ1v) is 9.12. The number of carbonyl (C=O) groups is 1. The first-order valence-electron chi connectivity index (χ1n) is 9.12. The van der Waals surface area contributed by atoms with E-state index in [1.165, 1.54) is 6.42 Å². The van der Waals surface area contributed by atoms with Crippen molar-refractivity contribution in [1.29, 1.82) is 5.26 Å². The zero-order valence-corrected chi connectivity index (χ0v) is 15.3. The van der Waals surface area contributed by atoms with Crippen LogP contribution in [0.5, 0.6) is 5.75 Å². The highest BCUT2D eigenvalue weighted by molar-refractivity contribution is 6.04. The summed E-state index contributed by atoms with van der Waals surface area (Å²) in [7, 11) is 1.64. The van der Waals surface area contributed by atoms with Crippen LogP contribution in [0.3, 0.4) is 0 Å². The molecule has 1 N–H and O–H groups in total. The third kappa shape index (κ3) is 3.72. The Labute approximate surface area is 154 Å². The fraction of sp³-hybridized carbons (Fsp3) is 0.364. The molecule has 0 unspecified atom stereocenters. The zero-order chi connectivity index (χ0) is 18.5. The van der Waals surface area contributed by atoms with E-state index in [-0.39, 0.29) is 17.5 Å². The van der Waals surface area contributed by atoms with Crippen molar-refractivity contribution in [2.45, 2.75) is 38.6 Å². The van der Waals surface area contributed by atoms with E-state index in [2.05, 4.69) is 18.3 Å². The Morgan fingerprint density at radius 3 is 2.62 bits per heavy atom. The Morgan fingerprint density at radius 1 is 1.19 bits per heavy atom. The molecule has 4 heteroatoms. The molecule has 1 saturated carbocycles. The van der Waals surface area contributed by atoms with Gasteiger partial charge in [0.25, 0.3) is 5.91 Å². The van der Waals surface area contributed by atoms with Gasteiger partial charge in [-0.1, -0.05) is 50.1 Å². The summed E-state index contributed by atoms with van der Waals surface area (Å²) in [4.78, 5) is 12.6. The lowest BCUT2D eigenvalue weighted by Crippen LogP contribution is -2.41. The molecule has 1 aliphatic carbocycles. The Balaban J connectivity index is 1.91. The minimum Gasteiger partial charge on any atom is -0.496 e. The molecule has 1 aliphatic rings. The van der Waals surface area contributed by atoms with Crippen molar-refractivity contribution in [3.8, 4) is 11.8 Å². The summed E-state index contributed by atoms with van der Waals surface area (Å²) < 4.78 is 5.41. The van der Waals surface area contributed by atoms with Crippen LogP contribution in [-0.2, 0) is 4.79 Å². The average molecular weight is 348 g/mol. The number of rotatable bonds is 4. The van der Waals surface area contributed by atoms with Crippen molar-refractivity contribution in [2.24, 2.45) is 5.92 Å². The molecule has 2 atom stereocenters. The number of nitrogens with one attached hydrogen (secondary N) is 1. The standard InChI is InChI=1S/C22H24N2O2/c1-15-7-3-6-10-20(15)24-22(25)17(14-23)13-16-11-12-21(26-2)19-9-5-4-8-18(16)19/h4-5,8-9,11-13,15,20H,3,6-7,10H2,1-2H3,(H,24,25)/b17-13+/t15-,20-/m1/s1. The van der Waals surface area contributed by atoms with Crippen LogP contribution in [0.2, 0.25) is 0 Å². The number of benzene rings is 2. The second-order valence-electron chi connectivity index (χ2n) is 6.91. The highest BCUT2D eigenvalue weighted by atomic mass is 16.5. The van der Waals surface area contributed by atoms with E-state index < -0.39 is 0 Å². The molecule has 134 valence electrons. The average Bonchev–Trinajstić information content (AvgIpc) is 2.67. The van der Waals surface area contributed by atoms with E-state index in [0.29, 0.717) is 5.92 Å². The SMILES string of the molecule is COc1ccc(/C=C(\C#N)C(=O)N[C@@H]2CCCC[C@H]2C)c2ccccc12. The van der Waals surface area contributed by atoms with Gasteiger partial charge < -0.3 is 10.1 Å². The Hall–Kier alpha value is -2.80. The van der Waals surface area contributed by atoms with Crippen LogP contribution < -0.4 is 10.1 Å². The maximum absolute atomic E-state index is 12.6. The predicted octanol–water partition coefficient (Wildman–Crippen LogP) is 4.45. The molecule has 0 aromatic heterocycles. The van der Waals surface area contributed by atoms with Crippen molar-refractivity contribution in [2.75, 3.05) is 7.11 Å². The molecular weight excluding hydrogens is 324 g/mol. The van der Waals surface area contributed by atoms with Gasteiger partial charge >= 0.3 is 0 Å². The molecule has 0 aliphatic heterocycles. The molecule has 26 heavy (non-hydrogen) atoms. The molecular formula is C22H24N2O2. The monoisotopic (exact) mass is 348 g/mol. The number of fused-ring (bicyclic) bond motifs is 1. The van der Waals surface area contributed by atoms with Crippen LogP contribution in [0, 0.1) is 17.2 Å². The minimum absolute atomic E-state index is 0.137. The quantitative estimate of drug-likeness (QED) is 0.656. The van der Waals surface area contributed by atoms with Crippen LogP contribution >= 0.6 is 0 Å². The first kappa shape index (κ1) is 18.0. The molecule has 2 aromatic carbocycles. The maximum Gasteiger partial charge on any atom is 0.262 e. The van der Waals surface area contributed by atoms with E-state index in [0.717, 1.165) is 41.3 Å². The van der Waals surface area contributed by atoms with E-state index in [1.807, 2.05) is 36.4 Å². The molecule has 0 spiro atoms. The number of nitrogens with zero attached hydrogens (tertiary/aromatic N) is 1. The number of hydrogen-bond acceptors (Lipinski definition) is 3. The Bertz CT molecular complexity index is 879. The van der Waals surface area contributed by atoms with Gasteiger partial charge in [-0.25, -0.2) is 0 Å². The minimum atomic E-state index is -0.286. The number of carbonyl (C=O) groups excluding carboxylic acids is 1. The number of hydrogen-bond donors (Lipinski definition) is 1. The number of ether oxygens (including phenoxy) is 1. The summed E-state index contributed by atoms with van der Waals surface area (Å²) in [6, 6.07) is 13.8. The first-order chi connectivity index (χ1) is 12.6. The van der Waals surface area contributed by atoms with E-state index in [4.69, 9.17) is 4.74 Å². The van der Waals surface area contributed by atoms with Gasteiger partial charge in [0, 0.05) is 11.4 Å². The van der Waals surface area contributed by atoms with Crippen LogP contribution in [0.15, 0.2) is 42.0 Å². The van der Waals surface area contributed by atoms with Crippen molar-refractivity contribution in [3.05, 3.63) is 47.5 Å². The lowest BCUT2D eigenvalue weighted by atomic mass is 9.86. The maximum atomic E-state index is 12.6. The lowest BCUT2D eigenvalue weighted by Gasteiger charge is -2.29. The van der Waals surface area contributed by atoms with Crippen molar-refractivity contribution < 1.29 is 9.53 Å². The smallest absolute Gasteiger partial charge is 0.262 e. The van der Waals surface area contributed by atoms with Gasteiger partial charge in [-0.05, 0) is 41.9 Å². The van der Waals surface area contributed by atoms with Crippen LogP contribution in [-0.4, -0.2) is 19.1 Å². The predicted molar refractivity (Wildman–Crippen MR) is 104 cm³/mol. The largest absolute Gasteiger partial charge is 0.496 e. The van der Waals surface area contributed by atoms with Crippen LogP contribution in [0.4, 0.5) is 0 Å². The lowest BCUT2D eigenvalue weighted by molar-refractivity contribution is -0.118. The molecule has 3 rings (SSSR count). The molecule has 1 amide bonds. The molecule has 2 aromatic rings. The van der Waals surface area contributed by atoms with Gasteiger partial charge in [-0.15, -0.1) is 0 Å². The summed E-state index contributed by atoms with van der Waals surface area (Å²) in [6.07, 6.45) is 6.12. The molecule has 4 nitrogen and oxygen atoms in total. The second kappa shape index (κ2) is 8.05. The summed E-state index contributed by atoms with van der Waals surface area (Å²) >= 11 is 0. The van der Waals surface area contributed by atoms with Crippen LogP contribution in [0.25, 0.3) is 16.8 Å². The normalized spacial score (nSPS) is 20.4. The van der Waals surface area contributed by atoms with E-state index in [9.17, 15) is 10.1 Å². The van der Waals surface area contributed by atoms with Gasteiger partial charge in [0.1, 0.15) is 17.4 Å². The van der Waals surface area contributed by atoms with Gasteiger partial charge in [-0.2, -0.15) is 5.26 Å². The van der Waals surface area contributed by atoms with Crippen molar-refractivity contribution in [3.63, 3.8) is 0 Å². The van der Waals surface area contributed by atoms with Gasteiger partial charge in [0.15, 0.2) is 0 Å². The van der Waals surface area contributed by atoms with E-state index in [1.54, 1.807) is 13.2 Å². The molecule has 0 heterocycles. The van der Waals surface area contributed by atoms with Crippen LogP contribution in [0.1, 0.15) is 38.2 Å². The number of nitriles is 1. The highest BCUT2D eigenvalue weighted by Crippen LogP contribution is 2.30. The van der Waals surface area contributed by atoms with Gasteiger partial charge in [0.2, 0.25) is 0 Å². The van der Waals surface area contributed by atoms with E-state index >= 15 is 0 Å². The summed E-state index contributed by atoms with van der Waals surface area (Å²) in [6.45, 7) is 2.16. The fourth-order valence-electron chi connectivity index (χ4n) is 3.68. The van der Waals surface area contributed by atoms with Crippen molar-refractivity contribution >= 4 is 22.8 Å². The summed E-state index contributed by atoms with van der Waals surface area (Å²) in [5, 5.41) is 14.5. The second-order valence-corrected chi connectivity index (χ2v) is 6.91. The van der Waals surface area contributed by atoms with Crippen molar-refractivity contribution in [1.82, 2.24) is 5.32 Å². The number of methoxy groups -OCH3 is 1. The fourth-order valence-corrected chi connectivity index (χ4v) is 3.68. The summed E-state index contributed by atoms with van der Waals surface area (Å²) in [5.41, 5.74) is 0.975. The Morgan fingerprint density at radius 2 is 1.92 bits per heavy atom. The topological polar surface area (TPSA) is 62.1 Å². The molecule has 0 saturated heterocycles. The third-order valence-corrected chi connectivity index (χ3v) is 5.23. The van der Waals surface area contributed by atoms with Gasteiger partial charge in [0.05, 0.1) is 7.11 Å². The zero-order valence-electron chi connectivity index (χ0n) is 15.3. The molecule has 0 bridgehead atoms. The molecule has 1 fully saturated rings.